The molecule has 0 fully saturated rings. The van der Waals surface area contributed by atoms with Gasteiger partial charge >= 0.3 is 5.97 Å². The number of aromatic amines is 1. The largest absolute Gasteiger partial charge is 0.481 e. The summed E-state index contributed by atoms with van der Waals surface area (Å²) in [4.78, 5) is 24.3. The van der Waals surface area contributed by atoms with Gasteiger partial charge in [-0.2, -0.15) is 0 Å². The molecule has 0 aliphatic carbocycles. The number of aromatic nitrogens is 1. The first-order valence-electron chi connectivity index (χ1n) is 4.59. The minimum Gasteiger partial charge on any atom is -0.481 e. The molecule has 1 aromatic carbocycles. The van der Waals surface area contributed by atoms with Crippen LogP contribution in [0.15, 0.2) is 18.2 Å². The van der Waals surface area contributed by atoms with Crippen molar-refractivity contribution in [3.63, 3.8) is 0 Å². The molecule has 0 saturated heterocycles. The molecule has 0 aliphatic heterocycles. The van der Waals surface area contributed by atoms with Crippen molar-refractivity contribution in [2.24, 2.45) is 0 Å². The molecule has 0 amide bonds. The van der Waals surface area contributed by atoms with E-state index in [4.69, 9.17) is 16.7 Å². The topological polar surface area (TPSA) is 70.2 Å². The lowest BCUT2D eigenvalue weighted by atomic mass is 10.1. The Kier molecular flexibility index (Phi) is 2.66. The van der Waals surface area contributed by atoms with Crippen LogP contribution >= 0.6 is 11.6 Å². The highest BCUT2D eigenvalue weighted by Gasteiger charge is 2.13. The van der Waals surface area contributed by atoms with Gasteiger partial charge in [0.25, 0.3) is 0 Å². The number of aldehydes is 1. The lowest BCUT2D eigenvalue weighted by Crippen LogP contribution is -2.01. The van der Waals surface area contributed by atoms with Gasteiger partial charge in [0.05, 0.1) is 12.1 Å². The van der Waals surface area contributed by atoms with Gasteiger partial charge in [0.2, 0.25) is 0 Å². The van der Waals surface area contributed by atoms with Crippen LogP contribution in [0.2, 0.25) is 5.02 Å². The Labute approximate surface area is 95.8 Å². The highest BCUT2D eigenvalue weighted by molar-refractivity contribution is 6.31. The number of carbonyl (C=O) groups excluding carboxylic acids is 1. The highest BCUT2D eigenvalue weighted by Crippen LogP contribution is 2.25. The van der Waals surface area contributed by atoms with Crippen molar-refractivity contribution in [2.75, 3.05) is 0 Å². The van der Waals surface area contributed by atoms with E-state index in [1.165, 1.54) is 0 Å². The van der Waals surface area contributed by atoms with Crippen LogP contribution in [0.4, 0.5) is 0 Å². The zero-order valence-corrected chi connectivity index (χ0v) is 8.91. The van der Waals surface area contributed by atoms with Crippen LogP contribution in [-0.2, 0) is 11.2 Å². The van der Waals surface area contributed by atoms with Gasteiger partial charge in [-0.3, -0.25) is 9.59 Å². The minimum atomic E-state index is -0.973. The third kappa shape index (κ3) is 1.79. The fourth-order valence-electron chi connectivity index (χ4n) is 1.69. The number of aliphatic carboxylic acids is 1. The van der Waals surface area contributed by atoms with E-state index in [-0.39, 0.29) is 6.42 Å². The van der Waals surface area contributed by atoms with Gasteiger partial charge in [-0.15, -0.1) is 0 Å². The van der Waals surface area contributed by atoms with E-state index < -0.39 is 5.97 Å². The van der Waals surface area contributed by atoms with E-state index in [0.717, 1.165) is 0 Å². The first kappa shape index (κ1) is 10.7. The Bertz CT molecular complexity index is 574. The van der Waals surface area contributed by atoms with Crippen LogP contribution < -0.4 is 0 Å². The molecule has 5 heteroatoms. The Morgan fingerprint density at radius 2 is 2.25 bits per heavy atom. The summed E-state index contributed by atoms with van der Waals surface area (Å²) in [5.74, 6) is -0.973. The third-order valence-corrected chi connectivity index (χ3v) is 2.58. The molecular formula is C11H8ClNO3. The number of benzene rings is 1. The molecule has 0 atom stereocenters. The summed E-state index contributed by atoms with van der Waals surface area (Å²) in [6, 6.07) is 5.03. The number of fused-ring (bicyclic) bond motifs is 1. The second-order valence-corrected chi connectivity index (χ2v) is 3.83. The standard InChI is InChI=1S/C11H8ClNO3/c12-6-1-2-7-8(4-11(15)16)10(5-14)13-9(7)3-6/h1-3,5,13H,4H2,(H,15,16). The van der Waals surface area contributed by atoms with Crippen LogP contribution in [0, 0.1) is 0 Å². The van der Waals surface area contributed by atoms with Crippen molar-refractivity contribution in [1.29, 1.82) is 0 Å². The second kappa shape index (κ2) is 3.98. The number of nitrogens with one attached hydrogen (secondary N) is 1. The fourth-order valence-corrected chi connectivity index (χ4v) is 1.86. The summed E-state index contributed by atoms with van der Waals surface area (Å²) in [6.45, 7) is 0. The van der Waals surface area contributed by atoms with E-state index in [0.29, 0.717) is 33.5 Å². The van der Waals surface area contributed by atoms with Crippen LogP contribution in [0.5, 0.6) is 0 Å². The van der Waals surface area contributed by atoms with Gasteiger partial charge < -0.3 is 10.1 Å². The number of halogens is 1. The number of rotatable bonds is 3. The molecule has 4 nitrogen and oxygen atoms in total. The predicted molar refractivity (Wildman–Crippen MR) is 60.0 cm³/mol. The van der Waals surface area contributed by atoms with E-state index in [1.807, 2.05) is 0 Å². The summed E-state index contributed by atoms with van der Waals surface area (Å²) in [5.41, 5.74) is 1.46. The van der Waals surface area contributed by atoms with Crippen molar-refractivity contribution >= 4 is 34.8 Å². The monoisotopic (exact) mass is 237 g/mol. The summed E-state index contributed by atoms with van der Waals surface area (Å²) >= 11 is 5.80. The number of H-pyrrole nitrogens is 1. The fraction of sp³-hybridized carbons (Fsp3) is 0.0909. The number of carboxylic acid groups (broad SMARTS) is 1. The molecule has 1 heterocycles. The van der Waals surface area contributed by atoms with Crippen molar-refractivity contribution in [1.82, 2.24) is 4.98 Å². The summed E-state index contributed by atoms with van der Waals surface area (Å²) in [7, 11) is 0. The zero-order chi connectivity index (χ0) is 11.7. The number of hydrogen-bond acceptors (Lipinski definition) is 2. The van der Waals surface area contributed by atoms with Gasteiger partial charge in [-0.25, -0.2) is 0 Å². The molecular weight excluding hydrogens is 230 g/mol. The summed E-state index contributed by atoms with van der Waals surface area (Å²) in [5, 5.41) is 10.0. The highest BCUT2D eigenvalue weighted by atomic mass is 35.5. The molecule has 2 rings (SSSR count). The molecule has 0 radical (unpaired) electrons. The van der Waals surface area contributed by atoms with Crippen LogP contribution in [0.25, 0.3) is 10.9 Å². The Balaban J connectivity index is 2.68. The lowest BCUT2D eigenvalue weighted by Gasteiger charge is -1.96. The maximum Gasteiger partial charge on any atom is 0.307 e. The Hall–Kier alpha value is -1.81. The van der Waals surface area contributed by atoms with E-state index in [1.54, 1.807) is 18.2 Å². The minimum absolute atomic E-state index is 0.185. The SMILES string of the molecule is O=Cc1[nH]c2cc(Cl)ccc2c1CC(=O)O. The molecule has 0 unspecified atom stereocenters. The number of carbonyl (C=O) groups is 2. The molecule has 2 aromatic rings. The molecule has 0 saturated carbocycles. The smallest absolute Gasteiger partial charge is 0.307 e. The van der Waals surface area contributed by atoms with Crippen molar-refractivity contribution < 1.29 is 14.7 Å². The quantitative estimate of drug-likeness (QED) is 0.805. The first-order chi connectivity index (χ1) is 7.61. The molecule has 0 aliphatic rings. The van der Waals surface area contributed by atoms with Gasteiger partial charge in [-0.1, -0.05) is 17.7 Å². The Morgan fingerprint density at radius 1 is 1.50 bits per heavy atom. The molecule has 0 bridgehead atoms. The second-order valence-electron chi connectivity index (χ2n) is 3.40. The van der Waals surface area contributed by atoms with Gasteiger partial charge in [0.15, 0.2) is 6.29 Å². The average Bonchev–Trinajstić information content (AvgIpc) is 2.55. The normalized spacial score (nSPS) is 10.6. The van der Waals surface area contributed by atoms with Crippen molar-refractivity contribution in [2.45, 2.75) is 6.42 Å². The zero-order valence-electron chi connectivity index (χ0n) is 8.16. The Morgan fingerprint density at radius 3 is 2.88 bits per heavy atom. The van der Waals surface area contributed by atoms with Crippen LogP contribution in [0.1, 0.15) is 16.1 Å². The maximum atomic E-state index is 10.8. The molecule has 82 valence electrons. The average molecular weight is 238 g/mol. The molecule has 2 N–H and O–H groups in total. The van der Waals surface area contributed by atoms with Gasteiger partial charge in [0.1, 0.15) is 0 Å². The summed E-state index contributed by atoms with van der Waals surface area (Å²) < 4.78 is 0. The number of hydrogen-bond donors (Lipinski definition) is 2. The van der Waals surface area contributed by atoms with Crippen molar-refractivity contribution in [3.05, 3.63) is 34.5 Å². The maximum absolute atomic E-state index is 10.8. The predicted octanol–water partition coefficient (Wildman–Crippen LogP) is 2.26. The lowest BCUT2D eigenvalue weighted by molar-refractivity contribution is -0.136. The molecule has 16 heavy (non-hydrogen) atoms. The van der Waals surface area contributed by atoms with Crippen LogP contribution in [-0.4, -0.2) is 22.3 Å². The summed E-state index contributed by atoms with van der Waals surface area (Å²) in [6.07, 6.45) is 0.432. The van der Waals surface area contributed by atoms with Gasteiger partial charge in [0, 0.05) is 15.9 Å². The third-order valence-electron chi connectivity index (χ3n) is 2.35. The van der Waals surface area contributed by atoms with E-state index in [9.17, 15) is 9.59 Å². The van der Waals surface area contributed by atoms with Gasteiger partial charge in [-0.05, 0) is 17.7 Å². The first-order valence-corrected chi connectivity index (χ1v) is 4.96. The van der Waals surface area contributed by atoms with Crippen molar-refractivity contribution in [3.8, 4) is 0 Å². The molecule has 0 spiro atoms. The van der Waals surface area contributed by atoms with E-state index >= 15 is 0 Å². The van der Waals surface area contributed by atoms with Crippen LogP contribution in [0.3, 0.4) is 0 Å². The van der Waals surface area contributed by atoms with E-state index in [2.05, 4.69) is 4.98 Å². The molecule has 1 aromatic heterocycles. The number of carboxylic acids is 1.